The van der Waals surface area contributed by atoms with Gasteiger partial charge in [0.1, 0.15) is 29.4 Å². The number of aliphatic hydroxyl groups excluding tert-OH is 3. The zero-order chi connectivity index (χ0) is 39.4. The third-order valence-corrected chi connectivity index (χ3v) is 9.12. The summed E-state index contributed by atoms with van der Waals surface area (Å²) in [5, 5.41) is 41.2. The normalized spacial score (nSPS) is 22.2. The van der Waals surface area contributed by atoms with Crippen molar-refractivity contribution < 1.29 is 52.7 Å². The number of rotatable bonds is 9. The molecule has 14 nitrogen and oxygen atoms in total. The van der Waals surface area contributed by atoms with Crippen LogP contribution in [0.15, 0.2) is 67.0 Å². The molecule has 6 rings (SSSR count). The molecule has 2 aromatic carbocycles. The van der Waals surface area contributed by atoms with E-state index in [1.165, 1.54) is 11.1 Å². The van der Waals surface area contributed by atoms with Gasteiger partial charge in [-0.05, 0) is 44.7 Å². The van der Waals surface area contributed by atoms with Gasteiger partial charge in [-0.3, -0.25) is 4.57 Å². The molecule has 4 aromatic rings. The number of aliphatic hydroxyl groups is 3. The minimum atomic E-state index is -5.08. The van der Waals surface area contributed by atoms with E-state index in [-0.39, 0.29) is 17.9 Å². The van der Waals surface area contributed by atoms with Crippen LogP contribution >= 0.6 is 0 Å². The standard InChI is InChI=1S/C35H44N6O6.C2HF3O2/c1-21(17-25(22-11-7-5-8-12-22)23-13-9-6-10-14-23)27-28-31(41(20-36-28)32-30(44)29(43)26(19-42)46-32)39-33(38-27)40-16-15-24(18-40)37-34(45)47-35(2,3)4;3-2(4,5)1(6)7/h5-14,20-21,24-26,29-30,32,42-44H,15-19H2,1-4H3,(H,37,45);(H,6,7)/t21?,24-,26+,29+,30+,32+;/m0./s1. The number of nitrogens with one attached hydrogen (secondary N) is 1. The van der Waals surface area contributed by atoms with Crippen LogP contribution in [0.25, 0.3) is 11.2 Å². The van der Waals surface area contributed by atoms with Gasteiger partial charge in [-0.15, -0.1) is 0 Å². The number of carboxylic acid groups (broad SMARTS) is 1. The van der Waals surface area contributed by atoms with Crippen molar-refractivity contribution >= 4 is 29.2 Å². The fourth-order valence-corrected chi connectivity index (χ4v) is 6.54. The number of aliphatic carboxylic acids is 1. The molecule has 6 atom stereocenters. The number of hydrogen-bond acceptors (Lipinski definition) is 11. The number of aromatic nitrogens is 4. The molecule has 0 spiro atoms. The molecule has 2 fully saturated rings. The van der Waals surface area contributed by atoms with Gasteiger partial charge in [0.05, 0.1) is 24.7 Å². The third kappa shape index (κ3) is 9.63. The van der Waals surface area contributed by atoms with Gasteiger partial charge in [0.15, 0.2) is 11.9 Å². The monoisotopic (exact) mass is 758 g/mol. The van der Waals surface area contributed by atoms with E-state index in [1.54, 1.807) is 10.9 Å². The molecule has 1 unspecified atom stereocenters. The maximum absolute atomic E-state index is 12.5. The first-order chi connectivity index (χ1) is 25.5. The van der Waals surface area contributed by atoms with Crippen LogP contribution in [0.4, 0.5) is 23.9 Å². The number of alkyl carbamates (subject to hydrolysis) is 1. The number of fused-ring (bicyclic) bond motifs is 1. The molecular weight excluding hydrogens is 713 g/mol. The first-order valence-corrected chi connectivity index (χ1v) is 17.5. The molecule has 0 bridgehead atoms. The smallest absolute Gasteiger partial charge is 0.475 e. The van der Waals surface area contributed by atoms with Crippen molar-refractivity contribution in [2.24, 2.45) is 0 Å². The number of alkyl halides is 3. The van der Waals surface area contributed by atoms with Crippen LogP contribution in [0.5, 0.6) is 0 Å². The lowest BCUT2D eigenvalue weighted by Gasteiger charge is -2.24. The van der Waals surface area contributed by atoms with Crippen LogP contribution in [-0.2, 0) is 14.3 Å². The van der Waals surface area contributed by atoms with Crippen molar-refractivity contribution in [2.75, 3.05) is 24.6 Å². The van der Waals surface area contributed by atoms with E-state index in [0.29, 0.717) is 36.6 Å². The highest BCUT2D eigenvalue weighted by atomic mass is 19.4. The predicted octanol–water partition coefficient (Wildman–Crippen LogP) is 4.50. The van der Waals surface area contributed by atoms with Crippen LogP contribution in [0.1, 0.15) is 75.4 Å². The fourth-order valence-electron chi connectivity index (χ4n) is 6.54. The highest BCUT2D eigenvalue weighted by Crippen LogP contribution is 2.38. The number of carbonyl (C=O) groups is 2. The van der Waals surface area contributed by atoms with Gasteiger partial charge < -0.3 is 40.1 Å². The Morgan fingerprint density at radius 1 is 1.00 bits per heavy atom. The summed E-state index contributed by atoms with van der Waals surface area (Å²) >= 11 is 0. The highest BCUT2D eigenvalue weighted by molar-refractivity contribution is 5.76. The number of hydrogen-bond donors (Lipinski definition) is 5. The van der Waals surface area contributed by atoms with E-state index in [0.717, 1.165) is 12.1 Å². The number of halogens is 3. The largest absolute Gasteiger partial charge is 0.490 e. The first-order valence-electron chi connectivity index (χ1n) is 17.5. The lowest BCUT2D eigenvalue weighted by atomic mass is 9.83. The number of ether oxygens (including phenoxy) is 2. The maximum Gasteiger partial charge on any atom is 0.490 e. The van der Waals surface area contributed by atoms with Crippen LogP contribution in [-0.4, -0.2) is 108 Å². The number of amides is 1. The van der Waals surface area contributed by atoms with E-state index in [4.69, 9.17) is 34.3 Å². The maximum atomic E-state index is 12.5. The Bertz CT molecular complexity index is 1840. The van der Waals surface area contributed by atoms with Gasteiger partial charge in [-0.2, -0.15) is 18.2 Å². The molecule has 54 heavy (non-hydrogen) atoms. The molecule has 17 heteroatoms. The van der Waals surface area contributed by atoms with Gasteiger partial charge in [0, 0.05) is 24.9 Å². The van der Waals surface area contributed by atoms with Gasteiger partial charge >= 0.3 is 18.2 Å². The zero-order valence-electron chi connectivity index (χ0n) is 30.2. The van der Waals surface area contributed by atoms with Gasteiger partial charge in [-0.1, -0.05) is 67.6 Å². The number of benzene rings is 2. The molecule has 2 aromatic heterocycles. The van der Waals surface area contributed by atoms with E-state index in [1.807, 2.05) is 37.8 Å². The third-order valence-electron chi connectivity index (χ3n) is 9.12. The Balaban J connectivity index is 0.000000730. The van der Waals surface area contributed by atoms with Crippen molar-refractivity contribution in [3.63, 3.8) is 0 Å². The van der Waals surface area contributed by atoms with E-state index in [9.17, 15) is 33.3 Å². The summed E-state index contributed by atoms with van der Waals surface area (Å²) in [5.74, 6) is -2.26. The minimum absolute atomic E-state index is 0.0727. The Hall–Kier alpha value is -4.84. The summed E-state index contributed by atoms with van der Waals surface area (Å²) in [6.45, 7) is 8.27. The molecular formula is C37H45F3N6O8. The summed E-state index contributed by atoms with van der Waals surface area (Å²) in [4.78, 5) is 38.2. The molecule has 292 valence electrons. The average molecular weight is 759 g/mol. The molecule has 2 aliphatic heterocycles. The summed E-state index contributed by atoms with van der Waals surface area (Å²) in [6, 6.07) is 20.6. The molecule has 1 amide bonds. The van der Waals surface area contributed by atoms with Crippen molar-refractivity contribution in [3.8, 4) is 0 Å². The van der Waals surface area contributed by atoms with E-state index >= 15 is 0 Å². The molecule has 2 saturated heterocycles. The average Bonchev–Trinajstić information content (AvgIpc) is 3.84. The van der Waals surface area contributed by atoms with Crippen LogP contribution in [0.2, 0.25) is 0 Å². The quantitative estimate of drug-likeness (QED) is 0.161. The molecule has 4 heterocycles. The topological polar surface area (TPSA) is 192 Å². The van der Waals surface area contributed by atoms with Gasteiger partial charge in [-0.25, -0.2) is 19.6 Å². The molecule has 0 aliphatic carbocycles. The second-order valence-corrected chi connectivity index (χ2v) is 14.4. The Morgan fingerprint density at radius 3 is 2.11 bits per heavy atom. The second-order valence-electron chi connectivity index (χ2n) is 14.4. The lowest BCUT2D eigenvalue weighted by molar-refractivity contribution is -0.192. The minimum Gasteiger partial charge on any atom is -0.475 e. The summed E-state index contributed by atoms with van der Waals surface area (Å²) < 4.78 is 44.7. The van der Waals surface area contributed by atoms with Crippen LogP contribution < -0.4 is 10.2 Å². The van der Waals surface area contributed by atoms with Gasteiger partial charge in [0.25, 0.3) is 0 Å². The number of imidazole rings is 1. The van der Waals surface area contributed by atoms with Crippen LogP contribution in [0.3, 0.4) is 0 Å². The molecule has 5 N–H and O–H groups in total. The van der Waals surface area contributed by atoms with E-state index < -0.39 is 55.0 Å². The first kappa shape index (κ1) is 40.3. The molecule has 0 saturated carbocycles. The van der Waals surface area contributed by atoms with E-state index in [2.05, 4.69) is 60.8 Å². The number of nitrogens with zero attached hydrogens (tertiary/aromatic N) is 5. The number of anilines is 1. The fraction of sp³-hybridized carbons (Fsp3) is 0.486. The Morgan fingerprint density at radius 2 is 1.59 bits per heavy atom. The Labute approximate surface area is 309 Å². The summed E-state index contributed by atoms with van der Waals surface area (Å²) in [5.41, 5.74) is 3.56. The Kier molecular flexibility index (Phi) is 12.5. The predicted molar refractivity (Wildman–Crippen MR) is 190 cm³/mol. The number of carboxylic acids is 1. The molecule has 2 aliphatic rings. The van der Waals surface area contributed by atoms with Crippen molar-refractivity contribution in [1.29, 1.82) is 0 Å². The van der Waals surface area contributed by atoms with Crippen molar-refractivity contribution in [2.45, 2.75) is 94.7 Å². The van der Waals surface area contributed by atoms with Crippen molar-refractivity contribution in [3.05, 3.63) is 83.8 Å². The van der Waals surface area contributed by atoms with Crippen LogP contribution in [0, 0.1) is 0 Å². The summed E-state index contributed by atoms with van der Waals surface area (Å²) in [7, 11) is 0. The molecule has 0 radical (unpaired) electrons. The number of carbonyl (C=O) groups excluding carboxylic acids is 1. The second kappa shape index (κ2) is 16.7. The van der Waals surface area contributed by atoms with Gasteiger partial charge in [0.2, 0.25) is 5.95 Å². The zero-order valence-corrected chi connectivity index (χ0v) is 30.2. The highest BCUT2D eigenvalue weighted by Gasteiger charge is 2.44. The lowest BCUT2D eigenvalue weighted by Crippen LogP contribution is -2.40. The van der Waals surface area contributed by atoms with Crippen molar-refractivity contribution in [1.82, 2.24) is 24.8 Å². The summed E-state index contributed by atoms with van der Waals surface area (Å²) in [6.07, 6.45) is -7.08. The SMILES string of the molecule is CC(CC(c1ccccc1)c1ccccc1)c1nc(N2CC[C@H](NC(=O)OC(C)(C)C)C2)nc2c1ncn2[C@@H]1O[C@H](CO)[C@@H](O)[C@H]1O.O=C(O)C(F)(F)F.